The van der Waals surface area contributed by atoms with Crippen molar-refractivity contribution in [3.8, 4) is 0 Å². The Bertz CT molecular complexity index is 791. The molecule has 1 N–H and O–H groups in total. The average molecular weight is 328 g/mol. The molecule has 2 nitrogen and oxygen atoms in total. The van der Waals surface area contributed by atoms with Crippen molar-refractivity contribution in [1.82, 2.24) is 5.43 Å². The zero-order valence-electron chi connectivity index (χ0n) is 15.0. The Morgan fingerprint density at radius 2 is 1.60 bits per heavy atom. The van der Waals surface area contributed by atoms with E-state index in [0.717, 1.165) is 0 Å². The van der Waals surface area contributed by atoms with Gasteiger partial charge in [0.25, 0.3) is 0 Å². The zero-order chi connectivity index (χ0) is 17.1. The van der Waals surface area contributed by atoms with Gasteiger partial charge in [0.05, 0.1) is 11.4 Å². The number of benzene rings is 2. The molecule has 1 aliphatic heterocycles. The van der Waals surface area contributed by atoms with Gasteiger partial charge in [-0.15, -0.1) is 0 Å². The normalized spacial score (nSPS) is 20.8. The summed E-state index contributed by atoms with van der Waals surface area (Å²) in [5.74, 6) is 0.445. The molecule has 0 spiro atoms. The SMILES string of the molecule is Bc1ccc(C2=C3CCCCCCC3C(c3ccccc3)=NN2)cc1. The Kier molecular flexibility index (Phi) is 4.73. The maximum Gasteiger partial charge on any atom is 0.139 e. The van der Waals surface area contributed by atoms with E-state index in [1.165, 1.54) is 66.5 Å². The molecule has 0 bridgehead atoms. The Morgan fingerprint density at radius 3 is 2.40 bits per heavy atom. The van der Waals surface area contributed by atoms with Crippen LogP contribution in [0.2, 0.25) is 0 Å². The molecule has 2 aromatic carbocycles. The van der Waals surface area contributed by atoms with Crippen LogP contribution in [0, 0.1) is 5.92 Å². The molecule has 3 heteroatoms. The second kappa shape index (κ2) is 7.31. The monoisotopic (exact) mass is 328 g/mol. The Labute approximate surface area is 151 Å². The van der Waals surface area contributed by atoms with Crippen LogP contribution in [0.1, 0.15) is 49.7 Å². The van der Waals surface area contributed by atoms with Crippen molar-refractivity contribution in [2.75, 3.05) is 0 Å². The summed E-state index contributed by atoms with van der Waals surface area (Å²) in [6, 6.07) is 19.5. The topological polar surface area (TPSA) is 24.4 Å². The number of hydrogen-bond donors (Lipinski definition) is 1. The summed E-state index contributed by atoms with van der Waals surface area (Å²) in [6.45, 7) is 0. The largest absolute Gasteiger partial charge is 0.278 e. The first-order chi connectivity index (χ1) is 12.3. The van der Waals surface area contributed by atoms with Crippen LogP contribution in [0.5, 0.6) is 0 Å². The molecule has 1 fully saturated rings. The highest BCUT2D eigenvalue weighted by molar-refractivity contribution is 6.32. The van der Waals surface area contributed by atoms with Crippen molar-refractivity contribution in [3.05, 3.63) is 71.3 Å². The summed E-state index contributed by atoms with van der Waals surface area (Å²) in [4.78, 5) is 0. The van der Waals surface area contributed by atoms with Crippen LogP contribution in [-0.2, 0) is 0 Å². The summed E-state index contributed by atoms with van der Waals surface area (Å²) in [7, 11) is 2.14. The molecule has 0 radical (unpaired) electrons. The van der Waals surface area contributed by atoms with E-state index in [0.29, 0.717) is 5.92 Å². The minimum Gasteiger partial charge on any atom is -0.278 e. The van der Waals surface area contributed by atoms with Crippen LogP contribution in [0.15, 0.2) is 65.3 Å². The molecule has 2 aliphatic rings. The van der Waals surface area contributed by atoms with Crippen LogP contribution in [0.25, 0.3) is 5.70 Å². The van der Waals surface area contributed by atoms with Gasteiger partial charge in [0, 0.05) is 5.92 Å². The summed E-state index contributed by atoms with van der Waals surface area (Å²) >= 11 is 0. The first-order valence-electron chi connectivity index (χ1n) is 9.52. The van der Waals surface area contributed by atoms with Crippen LogP contribution in [0.3, 0.4) is 0 Å². The number of rotatable bonds is 2. The third-order valence-corrected chi connectivity index (χ3v) is 5.46. The number of fused-ring (bicyclic) bond motifs is 1. The molecule has 0 amide bonds. The molecule has 1 saturated carbocycles. The van der Waals surface area contributed by atoms with Gasteiger partial charge >= 0.3 is 0 Å². The Hall–Kier alpha value is -2.29. The quantitative estimate of drug-likeness (QED) is 0.837. The fourth-order valence-corrected chi connectivity index (χ4v) is 4.08. The first kappa shape index (κ1) is 16.2. The molecular weight excluding hydrogens is 303 g/mol. The molecule has 25 heavy (non-hydrogen) atoms. The third kappa shape index (κ3) is 3.41. The molecule has 1 atom stereocenters. The van der Waals surface area contributed by atoms with E-state index in [2.05, 4.69) is 67.9 Å². The standard InChI is InChI=1S/C22H25BN2/c23-18-14-12-17(13-15-18)22-20-11-7-2-1-6-10-19(20)21(24-25-22)16-8-4-3-5-9-16/h3-5,8-9,12-15,19,25H,1-2,6-7,10-11,23H2. The molecule has 1 heterocycles. The fraction of sp³-hybridized carbons (Fsp3) is 0.318. The molecule has 0 saturated heterocycles. The lowest BCUT2D eigenvalue weighted by Crippen LogP contribution is -2.29. The molecule has 126 valence electrons. The van der Waals surface area contributed by atoms with Gasteiger partial charge in [0.2, 0.25) is 0 Å². The average Bonchev–Trinajstić information content (AvgIpc) is 2.63. The lowest BCUT2D eigenvalue weighted by atomic mass is 9.78. The predicted octanol–water partition coefficient (Wildman–Crippen LogP) is 3.63. The van der Waals surface area contributed by atoms with Gasteiger partial charge in [0.1, 0.15) is 7.85 Å². The van der Waals surface area contributed by atoms with Gasteiger partial charge in [-0.3, -0.25) is 5.43 Å². The van der Waals surface area contributed by atoms with E-state index in [-0.39, 0.29) is 0 Å². The first-order valence-corrected chi connectivity index (χ1v) is 9.52. The van der Waals surface area contributed by atoms with Crippen molar-refractivity contribution in [1.29, 1.82) is 0 Å². The number of allylic oxidation sites excluding steroid dienone is 1. The summed E-state index contributed by atoms with van der Waals surface area (Å²) < 4.78 is 0. The van der Waals surface area contributed by atoms with Crippen molar-refractivity contribution >= 4 is 24.7 Å². The van der Waals surface area contributed by atoms with Gasteiger partial charge in [-0.2, -0.15) is 5.10 Å². The highest BCUT2D eigenvalue weighted by Gasteiger charge is 2.29. The molecule has 2 aromatic rings. The lowest BCUT2D eigenvalue weighted by Gasteiger charge is -2.31. The minimum atomic E-state index is 0.445. The Balaban J connectivity index is 1.76. The molecular formula is C22H25BN2. The second-order valence-electron chi connectivity index (χ2n) is 7.25. The van der Waals surface area contributed by atoms with Crippen LogP contribution in [0.4, 0.5) is 0 Å². The van der Waals surface area contributed by atoms with E-state index < -0.39 is 0 Å². The van der Waals surface area contributed by atoms with Gasteiger partial charge in [0.15, 0.2) is 0 Å². The van der Waals surface area contributed by atoms with Gasteiger partial charge in [-0.05, 0) is 36.0 Å². The van der Waals surface area contributed by atoms with E-state index >= 15 is 0 Å². The molecule has 0 aromatic heterocycles. The molecule has 1 aliphatic carbocycles. The van der Waals surface area contributed by atoms with Crippen molar-refractivity contribution in [3.63, 3.8) is 0 Å². The summed E-state index contributed by atoms with van der Waals surface area (Å²) in [6.07, 6.45) is 7.65. The third-order valence-electron chi connectivity index (χ3n) is 5.46. The van der Waals surface area contributed by atoms with Crippen molar-refractivity contribution < 1.29 is 0 Å². The van der Waals surface area contributed by atoms with E-state index in [9.17, 15) is 0 Å². The van der Waals surface area contributed by atoms with Crippen LogP contribution < -0.4 is 10.9 Å². The number of hydrazone groups is 1. The summed E-state index contributed by atoms with van der Waals surface area (Å²) in [5.41, 5.74) is 11.2. The predicted molar refractivity (Wildman–Crippen MR) is 109 cm³/mol. The maximum atomic E-state index is 4.85. The van der Waals surface area contributed by atoms with Crippen molar-refractivity contribution in [2.24, 2.45) is 11.0 Å². The molecule has 1 unspecified atom stereocenters. The van der Waals surface area contributed by atoms with E-state index in [1.807, 2.05) is 0 Å². The number of hydrogen-bond acceptors (Lipinski definition) is 2. The van der Waals surface area contributed by atoms with Gasteiger partial charge in [-0.1, -0.05) is 79.3 Å². The fourth-order valence-electron chi connectivity index (χ4n) is 4.08. The second-order valence-corrected chi connectivity index (χ2v) is 7.25. The number of nitrogens with one attached hydrogen (secondary N) is 1. The zero-order valence-corrected chi connectivity index (χ0v) is 15.0. The van der Waals surface area contributed by atoms with Crippen LogP contribution >= 0.6 is 0 Å². The van der Waals surface area contributed by atoms with Crippen molar-refractivity contribution in [2.45, 2.75) is 38.5 Å². The minimum absolute atomic E-state index is 0.445. The highest BCUT2D eigenvalue weighted by atomic mass is 15.3. The van der Waals surface area contributed by atoms with Crippen LogP contribution in [-0.4, -0.2) is 13.6 Å². The smallest absolute Gasteiger partial charge is 0.139 e. The maximum absolute atomic E-state index is 4.85. The highest BCUT2D eigenvalue weighted by Crippen LogP contribution is 2.37. The molecule has 4 rings (SSSR count). The Morgan fingerprint density at radius 1 is 0.840 bits per heavy atom. The van der Waals surface area contributed by atoms with E-state index in [1.54, 1.807) is 5.57 Å². The van der Waals surface area contributed by atoms with Gasteiger partial charge < -0.3 is 0 Å². The summed E-state index contributed by atoms with van der Waals surface area (Å²) in [5, 5.41) is 4.85. The lowest BCUT2D eigenvalue weighted by molar-refractivity contribution is 0.522. The van der Waals surface area contributed by atoms with E-state index in [4.69, 9.17) is 5.10 Å². The number of nitrogens with zero attached hydrogens (tertiary/aromatic N) is 1. The van der Waals surface area contributed by atoms with Gasteiger partial charge in [-0.25, -0.2) is 0 Å².